The molecule has 0 saturated heterocycles. The number of pyridine rings is 1. The lowest BCUT2D eigenvalue weighted by molar-refractivity contribution is 0.618. The molecule has 2 aromatic heterocycles. The van der Waals surface area contributed by atoms with Crippen LogP contribution in [0.3, 0.4) is 0 Å². The zero-order valence-corrected chi connectivity index (χ0v) is 15.1. The molecule has 0 atom stereocenters. The third-order valence-electron chi connectivity index (χ3n) is 3.84. The van der Waals surface area contributed by atoms with Crippen molar-refractivity contribution >= 4 is 23.5 Å². The molecule has 0 aliphatic rings. The second-order valence-electron chi connectivity index (χ2n) is 5.27. The first-order valence-corrected chi connectivity index (χ1v) is 8.57. The predicted octanol–water partition coefficient (Wildman–Crippen LogP) is 3.43. The summed E-state index contributed by atoms with van der Waals surface area (Å²) in [5, 5.41) is 0.645. The van der Waals surface area contributed by atoms with Crippen molar-refractivity contribution in [2.24, 2.45) is 7.05 Å². The maximum absolute atomic E-state index is 13.0. The normalized spacial score (nSPS) is 11.0. The first kappa shape index (κ1) is 16.8. The first-order chi connectivity index (χ1) is 11.5. The van der Waals surface area contributed by atoms with Crippen LogP contribution in [0.25, 0.3) is 16.9 Å². The Bertz CT molecular complexity index is 914. The van der Waals surface area contributed by atoms with Gasteiger partial charge in [0.05, 0.1) is 5.56 Å². The van der Waals surface area contributed by atoms with Crippen molar-refractivity contribution in [1.29, 1.82) is 0 Å². The van der Waals surface area contributed by atoms with Gasteiger partial charge in [-0.1, -0.05) is 23.7 Å². The molecule has 0 amide bonds. The van der Waals surface area contributed by atoms with E-state index in [2.05, 4.69) is 9.71 Å². The lowest BCUT2D eigenvalue weighted by Gasteiger charge is -2.07. The van der Waals surface area contributed by atoms with Crippen LogP contribution in [0.5, 0.6) is 0 Å². The molecule has 0 bridgehead atoms. The molecule has 2 heterocycles. The van der Waals surface area contributed by atoms with Crippen molar-refractivity contribution in [2.45, 2.75) is 11.8 Å². The molecule has 7 heteroatoms. The van der Waals surface area contributed by atoms with Crippen molar-refractivity contribution in [2.75, 3.05) is 7.05 Å². The van der Waals surface area contributed by atoms with E-state index < -0.39 is 0 Å². The van der Waals surface area contributed by atoms with Crippen LogP contribution in [-0.2, 0) is 7.05 Å². The molecule has 124 valence electrons. The van der Waals surface area contributed by atoms with Crippen LogP contribution in [0, 0.1) is 6.92 Å². The van der Waals surface area contributed by atoms with Crippen LogP contribution in [0.15, 0.2) is 52.3 Å². The third kappa shape index (κ3) is 3.00. The number of nitrogens with zero attached hydrogens (tertiary/aromatic N) is 3. The summed E-state index contributed by atoms with van der Waals surface area (Å²) in [6, 6.07) is 11.1. The number of hydrogen-bond donors (Lipinski definition) is 1. The molecular weight excluding hydrogens is 344 g/mol. The number of rotatable bonds is 4. The summed E-state index contributed by atoms with van der Waals surface area (Å²) in [6.07, 6.45) is 1.74. The van der Waals surface area contributed by atoms with Crippen LogP contribution < -0.4 is 10.3 Å². The van der Waals surface area contributed by atoms with Crippen LogP contribution in [0.2, 0.25) is 5.02 Å². The fourth-order valence-corrected chi connectivity index (χ4v) is 3.19. The maximum Gasteiger partial charge on any atom is 0.280 e. The Morgan fingerprint density at radius 1 is 1.17 bits per heavy atom. The summed E-state index contributed by atoms with van der Waals surface area (Å²) in [7, 11) is 3.70. The van der Waals surface area contributed by atoms with Gasteiger partial charge >= 0.3 is 0 Å². The van der Waals surface area contributed by atoms with E-state index in [4.69, 9.17) is 11.6 Å². The topological polar surface area (TPSA) is 51.9 Å². The van der Waals surface area contributed by atoms with Crippen LogP contribution in [-0.4, -0.2) is 21.4 Å². The summed E-state index contributed by atoms with van der Waals surface area (Å²) >= 11 is 7.42. The zero-order chi connectivity index (χ0) is 17.3. The number of aromatic nitrogens is 3. The monoisotopic (exact) mass is 360 g/mol. The van der Waals surface area contributed by atoms with Crippen molar-refractivity contribution in [3.63, 3.8) is 0 Å². The van der Waals surface area contributed by atoms with E-state index in [1.54, 1.807) is 23.0 Å². The van der Waals surface area contributed by atoms with Crippen molar-refractivity contribution < 1.29 is 0 Å². The average molecular weight is 361 g/mol. The van der Waals surface area contributed by atoms with Crippen molar-refractivity contribution in [3.05, 3.63) is 63.7 Å². The molecule has 0 radical (unpaired) electrons. The molecule has 1 N–H and O–H groups in total. The van der Waals surface area contributed by atoms with E-state index in [0.29, 0.717) is 16.4 Å². The van der Waals surface area contributed by atoms with Gasteiger partial charge in [-0.05, 0) is 55.7 Å². The largest absolute Gasteiger partial charge is 0.283 e. The Balaban J connectivity index is 2.11. The van der Waals surface area contributed by atoms with E-state index in [-0.39, 0.29) is 5.56 Å². The second-order valence-corrected chi connectivity index (χ2v) is 6.79. The van der Waals surface area contributed by atoms with E-state index >= 15 is 0 Å². The van der Waals surface area contributed by atoms with Crippen molar-refractivity contribution in [1.82, 2.24) is 19.1 Å². The molecule has 5 nitrogen and oxygen atoms in total. The Morgan fingerprint density at radius 3 is 2.46 bits per heavy atom. The lowest BCUT2D eigenvalue weighted by Crippen LogP contribution is -2.21. The summed E-state index contributed by atoms with van der Waals surface area (Å²) < 4.78 is 6.39. The fraction of sp³-hybridized carbons (Fsp3) is 0.176. The molecule has 3 rings (SSSR count). The van der Waals surface area contributed by atoms with Gasteiger partial charge in [-0.2, -0.15) is 4.68 Å². The highest BCUT2D eigenvalue weighted by molar-refractivity contribution is 7.97. The molecule has 0 unspecified atom stereocenters. The van der Waals surface area contributed by atoms with E-state index in [1.165, 1.54) is 11.9 Å². The Labute approximate surface area is 149 Å². The quantitative estimate of drug-likeness (QED) is 0.724. The molecule has 0 spiro atoms. The van der Waals surface area contributed by atoms with Crippen LogP contribution in [0.1, 0.15) is 5.69 Å². The molecular formula is C17H17ClN4OS. The van der Waals surface area contributed by atoms with Gasteiger partial charge in [0, 0.05) is 28.9 Å². The Hall–Kier alpha value is -2.02. The highest BCUT2D eigenvalue weighted by Crippen LogP contribution is 2.23. The average Bonchev–Trinajstić information content (AvgIpc) is 2.80. The van der Waals surface area contributed by atoms with E-state index in [9.17, 15) is 4.79 Å². The minimum absolute atomic E-state index is 0.0983. The number of hydrogen-bond acceptors (Lipinski definition) is 4. The maximum atomic E-state index is 13.0. The van der Waals surface area contributed by atoms with Gasteiger partial charge in [-0.15, -0.1) is 0 Å². The highest BCUT2D eigenvalue weighted by Gasteiger charge is 2.18. The number of benzene rings is 1. The summed E-state index contributed by atoms with van der Waals surface area (Å²) in [4.78, 5) is 18.4. The number of nitrogens with one attached hydrogen (secondary N) is 1. The highest BCUT2D eigenvalue weighted by atomic mass is 35.5. The SMILES string of the molecule is CNSc1ccc(-n2c(=O)c(-c3ccc(Cl)cc3)c(C)n2C)nc1. The lowest BCUT2D eigenvalue weighted by atomic mass is 10.1. The van der Waals surface area contributed by atoms with E-state index in [0.717, 1.165) is 16.2 Å². The van der Waals surface area contributed by atoms with Crippen LogP contribution in [0.4, 0.5) is 0 Å². The first-order valence-electron chi connectivity index (χ1n) is 7.37. The molecule has 0 aliphatic heterocycles. The summed E-state index contributed by atoms with van der Waals surface area (Å²) in [5.41, 5.74) is 2.28. The fourth-order valence-electron chi connectivity index (χ4n) is 2.59. The molecule has 24 heavy (non-hydrogen) atoms. The minimum Gasteiger partial charge on any atom is -0.283 e. The van der Waals surface area contributed by atoms with E-state index in [1.807, 2.05) is 50.0 Å². The van der Waals surface area contributed by atoms with Gasteiger partial charge in [0.25, 0.3) is 5.56 Å². The minimum atomic E-state index is -0.0983. The van der Waals surface area contributed by atoms with Gasteiger partial charge in [0.15, 0.2) is 5.82 Å². The Morgan fingerprint density at radius 2 is 1.88 bits per heavy atom. The van der Waals surface area contributed by atoms with Gasteiger partial charge in [-0.25, -0.2) is 4.98 Å². The smallest absolute Gasteiger partial charge is 0.280 e. The Kier molecular flexibility index (Phi) is 4.80. The van der Waals surface area contributed by atoms with Crippen molar-refractivity contribution in [3.8, 4) is 16.9 Å². The molecule has 0 aliphatic carbocycles. The molecule has 0 fully saturated rings. The van der Waals surface area contributed by atoms with Gasteiger partial charge in [-0.3, -0.25) is 14.2 Å². The second kappa shape index (κ2) is 6.84. The van der Waals surface area contributed by atoms with Crippen LogP contribution >= 0.6 is 23.5 Å². The zero-order valence-electron chi connectivity index (χ0n) is 13.6. The van der Waals surface area contributed by atoms with Gasteiger partial charge in [0.1, 0.15) is 0 Å². The summed E-state index contributed by atoms with van der Waals surface area (Å²) in [5.74, 6) is 0.589. The molecule has 3 aromatic rings. The third-order valence-corrected chi connectivity index (χ3v) is 4.78. The number of halogens is 1. The van der Waals surface area contributed by atoms with Gasteiger partial charge in [0.2, 0.25) is 0 Å². The molecule has 0 saturated carbocycles. The van der Waals surface area contributed by atoms with Gasteiger partial charge < -0.3 is 0 Å². The summed E-state index contributed by atoms with van der Waals surface area (Å²) in [6.45, 7) is 1.92. The predicted molar refractivity (Wildman–Crippen MR) is 98.9 cm³/mol. The molecule has 1 aromatic carbocycles. The standard InChI is InChI=1S/C17H17ClN4OS/c1-11-16(12-4-6-13(18)7-5-12)17(23)22(21(11)3)15-9-8-14(10-20-15)24-19-2/h4-10,19H,1-3H3.